The van der Waals surface area contributed by atoms with Crippen LogP contribution < -0.4 is 5.73 Å². The lowest BCUT2D eigenvalue weighted by atomic mass is 9.68. The van der Waals surface area contributed by atoms with Crippen molar-refractivity contribution in [2.45, 2.75) is 78.9 Å². The van der Waals surface area contributed by atoms with E-state index in [-0.39, 0.29) is 11.0 Å². The molecule has 0 aliphatic carbocycles. The Kier molecular flexibility index (Phi) is 5.30. The Morgan fingerprint density at radius 1 is 1.10 bits per heavy atom. The van der Waals surface area contributed by atoms with Crippen molar-refractivity contribution in [1.82, 2.24) is 5.01 Å². The van der Waals surface area contributed by atoms with Gasteiger partial charge in [0.05, 0.1) is 13.1 Å². The maximum absolute atomic E-state index is 12.0. The quantitative estimate of drug-likeness (QED) is 0.792. The van der Waals surface area contributed by atoms with E-state index in [4.69, 9.17) is 10.6 Å². The molecule has 0 unspecified atom stereocenters. The second kappa shape index (κ2) is 6.11. The van der Waals surface area contributed by atoms with Gasteiger partial charge in [-0.2, -0.15) is 4.84 Å². The van der Waals surface area contributed by atoms with Gasteiger partial charge < -0.3 is 5.73 Å². The second-order valence-corrected chi connectivity index (χ2v) is 8.82. The molecule has 124 valence electrons. The fourth-order valence-electron chi connectivity index (χ4n) is 3.42. The van der Waals surface area contributed by atoms with Crippen LogP contribution in [0, 0.1) is 16.2 Å². The first-order valence-corrected chi connectivity index (χ1v) is 8.00. The van der Waals surface area contributed by atoms with Gasteiger partial charge >= 0.3 is 5.03 Å². The normalized spacial score (nSPS) is 18.8. The number of hydrogen-bond acceptors (Lipinski definition) is 3. The molecular formula is C16H34N3O2+. The van der Waals surface area contributed by atoms with Crippen molar-refractivity contribution in [3.05, 3.63) is 4.91 Å². The number of hydrogen-bond donors (Lipinski definition) is 1. The van der Waals surface area contributed by atoms with Crippen molar-refractivity contribution in [3.63, 3.8) is 0 Å². The van der Waals surface area contributed by atoms with E-state index in [9.17, 15) is 4.91 Å². The number of piperidine rings is 1. The zero-order valence-electron chi connectivity index (χ0n) is 14.9. The lowest BCUT2D eigenvalue weighted by Gasteiger charge is -2.41. The van der Waals surface area contributed by atoms with Crippen LogP contribution in [-0.4, -0.2) is 34.3 Å². The summed E-state index contributed by atoms with van der Waals surface area (Å²) in [4.78, 5) is 17.4. The number of rotatable bonds is 5. The average molecular weight is 300 g/mol. The van der Waals surface area contributed by atoms with Crippen molar-refractivity contribution < 1.29 is 9.87 Å². The highest BCUT2D eigenvalue weighted by Crippen LogP contribution is 2.40. The van der Waals surface area contributed by atoms with Crippen LogP contribution in [0.15, 0.2) is 0 Å². The SMILES string of the molecule is CC(C)(N)CC(C)(C)C1CCN([N+](=O)OC(C)(C)C)CC1. The van der Waals surface area contributed by atoms with E-state index in [0.717, 1.165) is 32.4 Å². The summed E-state index contributed by atoms with van der Waals surface area (Å²) in [7, 11) is 0. The predicted molar refractivity (Wildman–Crippen MR) is 85.4 cm³/mol. The molecular weight excluding hydrogens is 266 g/mol. The molecule has 0 aromatic carbocycles. The molecule has 0 aromatic heterocycles. The Morgan fingerprint density at radius 3 is 1.95 bits per heavy atom. The standard InChI is InChI=1S/C16H34N3O2/c1-14(2,3)21-19(20)18-10-8-13(9-11-18)15(4,5)12-16(6,7)17/h13H,8-12,17H2,1-7H3/q+1. The minimum atomic E-state index is -0.457. The molecule has 1 saturated heterocycles. The number of nitrogens with zero attached hydrogens (tertiary/aromatic N) is 2. The second-order valence-electron chi connectivity index (χ2n) is 8.82. The molecule has 21 heavy (non-hydrogen) atoms. The Balaban J connectivity index is 2.54. The number of nitrogens with two attached hydrogens (primary N) is 1. The topological polar surface area (TPSA) is 58.6 Å². The van der Waals surface area contributed by atoms with Crippen molar-refractivity contribution in [3.8, 4) is 0 Å². The average Bonchev–Trinajstić information content (AvgIpc) is 2.23. The molecule has 0 atom stereocenters. The van der Waals surface area contributed by atoms with Crippen LogP contribution >= 0.6 is 0 Å². The van der Waals surface area contributed by atoms with E-state index in [2.05, 4.69) is 27.7 Å². The summed E-state index contributed by atoms with van der Waals surface area (Å²) in [5.74, 6) is 0.597. The van der Waals surface area contributed by atoms with Crippen LogP contribution in [0.2, 0.25) is 0 Å². The molecule has 0 radical (unpaired) electrons. The molecule has 0 spiro atoms. The molecule has 1 aliphatic rings. The molecule has 1 aliphatic heterocycles. The minimum Gasteiger partial charge on any atom is -0.326 e. The van der Waals surface area contributed by atoms with E-state index < -0.39 is 5.60 Å². The first-order valence-electron chi connectivity index (χ1n) is 8.00. The molecule has 1 heterocycles. The van der Waals surface area contributed by atoms with Gasteiger partial charge in [0.25, 0.3) is 0 Å². The largest absolute Gasteiger partial charge is 0.360 e. The van der Waals surface area contributed by atoms with E-state index in [1.807, 2.05) is 20.8 Å². The van der Waals surface area contributed by atoms with Crippen LogP contribution in [-0.2, 0) is 4.84 Å². The summed E-state index contributed by atoms with van der Waals surface area (Å²) < 4.78 is 0. The molecule has 0 aromatic rings. The fourth-order valence-corrected chi connectivity index (χ4v) is 3.42. The third-order valence-electron chi connectivity index (χ3n) is 4.07. The van der Waals surface area contributed by atoms with Crippen LogP contribution in [0.1, 0.15) is 67.7 Å². The van der Waals surface area contributed by atoms with Gasteiger partial charge in [-0.1, -0.05) is 18.9 Å². The third-order valence-corrected chi connectivity index (χ3v) is 4.07. The smallest absolute Gasteiger partial charge is 0.326 e. The highest BCUT2D eigenvalue weighted by molar-refractivity contribution is 4.88. The molecule has 1 rings (SSSR count). The van der Waals surface area contributed by atoms with Gasteiger partial charge in [-0.25, -0.2) is 0 Å². The van der Waals surface area contributed by atoms with E-state index in [0.29, 0.717) is 11.0 Å². The molecule has 1 fully saturated rings. The summed E-state index contributed by atoms with van der Waals surface area (Å²) >= 11 is 0. The van der Waals surface area contributed by atoms with Crippen LogP contribution in [0.4, 0.5) is 0 Å². The van der Waals surface area contributed by atoms with Gasteiger partial charge in [0.1, 0.15) is 4.91 Å². The Hall–Kier alpha value is -0.840. The maximum atomic E-state index is 12.0. The van der Waals surface area contributed by atoms with Gasteiger partial charge in [0, 0.05) is 5.54 Å². The van der Waals surface area contributed by atoms with Crippen LogP contribution in [0.25, 0.3) is 0 Å². The maximum Gasteiger partial charge on any atom is 0.360 e. The summed E-state index contributed by atoms with van der Waals surface area (Å²) in [5.41, 5.74) is 5.77. The summed E-state index contributed by atoms with van der Waals surface area (Å²) in [6, 6.07) is 0. The van der Waals surface area contributed by atoms with Crippen molar-refractivity contribution >= 4 is 0 Å². The highest BCUT2D eigenvalue weighted by atomic mass is 16.8. The number of hydrazine groups is 1. The molecule has 5 nitrogen and oxygen atoms in total. The van der Waals surface area contributed by atoms with E-state index in [1.54, 1.807) is 5.01 Å². The Labute approximate surface area is 129 Å². The van der Waals surface area contributed by atoms with Gasteiger partial charge in [0.15, 0.2) is 5.60 Å². The van der Waals surface area contributed by atoms with Gasteiger partial charge in [-0.15, -0.1) is 0 Å². The van der Waals surface area contributed by atoms with E-state index >= 15 is 0 Å². The molecule has 0 saturated carbocycles. The molecule has 2 N–H and O–H groups in total. The van der Waals surface area contributed by atoms with Crippen molar-refractivity contribution in [2.24, 2.45) is 17.1 Å². The van der Waals surface area contributed by atoms with Gasteiger partial charge in [-0.3, -0.25) is 0 Å². The molecule has 0 amide bonds. The van der Waals surface area contributed by atoms with Crippen molar-refractivity contribution in [1.29, 1.82) is 0 Å². The summed E-state index contributed by atoms with van der Waals surface area (Å²) in [6.45, 7) is 15.9. The minimum absolute atomic E-state index is 0.152. The van der Waals surface area contributed by atoms with E-state index in [1.165, 1.54) is 0 Å². The Bertz CT molecular complexity index is 359. The zero-order valence-corrected chi connectivity index (χ0v) is 14.9. The van der Waals surface area contributed by atoms with Crippen LogP contribution in [0.5, 0.6) is 0 Å². The molecule has 0 bridgehead atoms. The van der Waals surface area contributed by atoms with Crippen LogP contribution in [0.3, 0.4) is 0 Å². The zero-order chi connectivity index (χ0) is 16.5. The predicted octanol–water partition coefficient (Wildman–Crippen LogP) is 3.28. The summed E-state index contributed by atoms with van der Waals surface area (Å²) in [5, 5.41) is 2.43. The first kappa shape index (κ1) is 18.2. The highest BCUT2D eigenvalue weighted by Gasteiger charge is 2.40. The summed E-state index contributed by atoms with van der Waals surface area (Å²) in [6.07, 6.45) is 3.01. The van der Waals surface area contributed by atoms with Crippen molar-refractivity contribution in [2.75, 3.05) is 13.1 Å². The third kappa shape index (κ3) is 6.20. The lowest BCUT2D eigenvalue weighted by Crippen LogP contribution is -2.47. The fraction of sp³-hybridized carbons (Fsp3) is 1.00. The first-order chi connectivity index (χ1) is 9.30. The van der Waals surface area contributed by atoms with Gasteiger partial charge in [0.2, 0.25) is 0 Å². The Morgan fingerprint density at radius 2 is 1.57 bits per heavy atom. The molecule has 5 heteroatoms. The van der Waals surface area contributed by atoms with Gasteiger partial charge in [-0.05, 0) is 65.2 Å². The lowest BCUT2D eigenvalue weighted by molar-refractivity contribution is -0.924. The monoisotopic (exact) mass is 300 g/mol.